The van der Waals surface area contributed by atoms with E-state index in [1.165, 1.54) is 6.07 Å². The number of alkyl halides is 3. The van der Waals surface area contributed by atoms with Crippen molar-refractivity contribution >= 4 is 5.78 Å². The number of carbonyl (C=O) groups excluding carboxylic acids is 1. The van der Waals surface area contributed by atoms with E-state index in [9.17, 15) is 18.0 Å². The molecule has 0 saturated heterocycles. The van der Waals surface area contributed by atoms with Crippen molar-refractivity contribution < 1.29 is 18.0 Å². The van der Waals surface area contributed by atoms with E-state index >= 15 is 0 Å². The van der Waals surface area contributed by atoms with Crippen molar-refractivity contribution in [1.82, 2.24) is 0 Å². The van der Waals surface area contributed by atoms with E-state index in [0.717, 1.165) is 31.4 Å². The number of hydrogen-bond acceptors (Lipinski definition) is 1. The molecule has 1 aliphatic carbocycles. The molecule has 0 heterocycles. The fourth-order valence-electron chi connectivity index (χ4n) is 2.43. The topological polar surface area (TPSA) is 17.1 Å². The van der Waals surface area contributed by atoms with E-state index in [4.69, 9.17) is 0 Å². The van der Waals surface area contributed by atoms with Crippen molar-refractivity contribution in [3.63, 3.8) is 0 Å². The van der Waals surface area contributed by atoms with E-state index in [-0.39, 0.29) is 11.7 Å². The molecule has 1 aromatic carbocycles. The van der Waals surface area contributed by atoms with Crippen LogP contribution in [-0.2, 0) is 17.4 Å². The number of ketones is 1. The standard InChI is InChI=1S/C14H15F3O/c15-14(16,17)12-6-3-4-10(9-12)8-11-5-1-2-7-13(11)18/h3-4,6,9,11H,1-2,5,7-8H2. The second-order valence-corrected chi connectivity index (χ2v) is 4.81. The summed E-state index contributed by atoms with van der Waals surface area (Å²) < 4.78 is 37.7. The van der Waals surface area contributed by atoms with Gasteiger partial charge in [-0.1, -0.05) is 24.6 Å². The second-order valence-electron chi connectivity index (χ2n) is 4.81. The van der Waals surface area contributed by atoms with E-state index < -0.39 is 11.7 Å². The van der Waals surface area contributed by atoms with Gasteiger partial charge in [0.2, 0.25) is 0 Å². The number of Topliss-reactive ketones (excluding diaryl/α,β-unsaturated/α-hetero) is 1. The molecule has 1 fully saturated rings. The van der Waals surface area contributed by atoms with Crippen molar-refractivity contribution in [3.8, 4) is 0 Å². The first kappa shape index (κ1) is 13.1. The Balaban J connectivity index is 2.12. The summed E-state index contributed by atoms with van der Waals surface area (Å²) >= 11 is 0. The molecule has 1 unspecified atom stereocenters. The third kappa shape index (κ3) is 3.12. The molecule has 1 saturated carbocycles. The van der Waals surface area contributed by atoms with Crippen LogP contribution in [0.25, 0.3) is 0 Å². The first-order valence-corrected chi connectivity index (χ1v) is 6.15. The van der Waals surface area contributed by atoms with Crippen LogP contribution in [0.2, 0.25) is 0 Å². The first-order valence-electron chi connectivity index (χ1n) is 6.15. The van der Waals surface area contributed by atoms with Crippen LogP contribution in [0, 0.1) is 5.92 Å². The maximum absolute atomic E-state index is 12.6. The smallest absolute Gasteiger partial charge is 0.299 e. The van der Waals surface area contributed by atoms with Gasteiger partial charge < -0.3 is 0 Å². The maximum Gasteiger partial charge on any atom is 0.416 e. The van der Waals surface area contributed by atoms with Gasteiger partial charge in [-0.15, -0.1) is 0 Å². The molecule has 1 aromatic rings. The zero-order valence-electron chi connectivity index (χ0n) is 9.96. The van der Waals surface area contributed by atoms with Gasteiger partial charge in [-0.25, -0.2) is 0 Å². The number of carbonyl (C=O) groups is 1. The molecule has 0 radical (unpaired) electrons. The first-order chi connectivity index (χ1) is 8.47. The molecule has 18 heavy (non-hydrogen) atoms. The van der Waals surface area contributed by atoms with Crippen molar-refractivity contribution in [2.75, 3.05) is 0 Å². The summed E-state index contributed by atoms with van der Waals surface area (Å²) in [6, 6.07) is 5.29. The lowest BCUT2D eigenvalue weighted by Gasteiger charge is -2.20. The van der Waals surface area contributed by atoms with Gasteiger partial charge in [-0.2, -0.15) is 13.2 Å². The quantitative estimate of drug-likeness (QED) is 0.781. The highest BCUT2D eigenvalue weighted by molar-refractivity contribution is 5.81. The van der Waals surface area contributed by atoms with Gasteiger partial charge in [-0.3, -0.25) is 4.79 Å². The monoisotopic (exact) mass is 256 g/mol. The van der Waals surface area contributed by atoms with Crippen LogP contribution in [0.15, 0.2) is 24.3 Å². The molecule has 0 N–H and O–H groups in total. The van der Waals surface area contributed by atoms with Gasteiger partial charge in [0.1, 0.15) is 5.78 Å². The molecular formula is C14H15F3O. The number of benzene rings is 1. The Labute approximate surface area is 104 Å². The average Bonchev–Trinajstić information content (AvgIpc) is 2.31. The minimum atomic E-state index is -4.31. The van der Waals surface area contributed by atoms with Crippen molar-refractivity contribution in [2.24, 2.45) is 5.92 Å². The summed E-state index contributed by atoms with van der Waals surface area (Å²) in [6.07, 6.45) is -0.596. The highest BCUT2D eigenvalue weighted by atomic mass is 19.4. The minimum absolute atomic E-state index is 0.0952. The zero-order valence-corrected chi connectivity index (χ0v) is 9.96. The van der Waals surface area contributed by atoms with Gasteiger partial charge in [-0.05, 0) is 30.9 Å². The van der Waals surface area contributed by atoms with Crippen LogP contribution in [0.1, 0.15) is 36.8 Å². The van der Waals surface area contributed by atoms with Crippen LogP contribution in [0.4, 0.5) is 13.2 Å². The van der Waals surface area contributed by atoms with Crippen LogP contribution < -0.4 is 0 Å². The summed E-state index contributed by atoms with van der Waals surface area (Å²) in [5.41, 5.74) is -0.0340. The Kier molecular flexibility index (Phi) is 3.73. The average molecular weight is 256 g/mol. The summed E-state index contributed by atoms with van der Waals surface area (Å²) in [5, 5.41) is 0. The normalized spacial score (nSPS) is 21.1. The summed E-state index contributed by atoms with van der Waals surface area (Å²) in [4.78, 5) is 11.7. The van der Waals surface area contributed by atoms with Gasteiger partial charge >= 0.3 is 6.18 Å². The fraction of sp³-hybridized carbons (Fsp3) is 0.500. The van der Waals surface area contributed by atoms with Crippen molar-refractivity contribution in [3.05, 3.63) is 35.4 Å². The molecule has 0 aliphatic heterocycles. The molecule has 0 spiro atoms. The van der Waals surface area contributed by atoms with Crippen LogP contribution in [0.3, 0.4) is 0 Å². The lowest BCUT2D eigenvalue weighted by atomic mass is 9.83. The zero-order chi connectivity index (χ0) is 13.2. The maximum atomic E-state index is 12.6. The minimum Gasteiger partial charge on any atom is -0.299 e. The van der Waals surface area contributed by atoms with Crippen molar-refractivity contribution in [2.45, 2.75) is 38.3 Å². The Morgan fingerprint density at radius 3 is 2.67 bits per heavy atom. The summed E-state index contributed by atoms with van der Waals surface area (Å²) in [7, 11) is 0. The molecule has 0 aromatic heterocycles. The van der Waals surface area contributed by atoms with Crippen LogP contribution in [0.5, 0.6) is 0 Å². The van der Waals surface area contributed by atoms with Gasteiger partial charge in [0.25, 0.3) is 0 Å². The van der Waals surface area contributed by atoms with E-state index in [1.54, 1.807) is 6.07 Å². The Morgan fingerprint density at radius 2 is 2.00 bits per heavy atom. The van der Waals surface area contributed by atoms with Gasteiger partial charge in [0.05, 0.1) is 5.56 Å². The second kappa shape index (κ2) is 5.12. The summed E-state index contributed by atoms with van der Waals surface area (Å²) in [5.74, 6) is 0.0981. The molecule has 98 valence electrons. The fourth-order valence-corrected chi connectivity index (χ4v) is 2.43. The lowest BCUT2D eigenvalue weighted by Crippen LogP contribution is -2.21. The van der Waals surface area contributed by atoms with Crippen molar-refractivity contribution in [1.29, 1.82) is 0 Å². The predicted octanol–water partition coefficient (Wildman–Crippen LogP) is 4.01. The molecule has 0 amide bonds. The molecule has 1 atom stereocenters. The summed E-state index contributed by atoms with van der Waals surface area (Å²) in [6.45, 7) is 0. The molecule has 0 bridgehead atoms. The van der Waals surface area contributed by atoms with Crippen LogP contribution in [-0.4, -0.2) is 5.78 Å². The van der Waals surface area contributed by atoms with Gasteiger partial charge in [0.15, 0.2) is 0 Å². The Hall–Kier alpha value is -1.32. The molecule has 1 nitrogen and oxygen atoms in total. The van der Waals surface area contributed by atoms with E-state index in [1.807, 2.05) is 0 Å². The molecule has 2 rings (SSSR count). The highest BCUT2D eigenvalue weighted by Crippen LogP contribution is 2.31. The Morgan fingerprint density at radius 1 is 1.22 bits per heavy atom. The third-order valence-corrected chi connectivity index (χ3v) is 3.42. The highest BCUT2D eigenvalue weighted by Gasteiger charge is 2.31. The number of hydrogen-bond donors (Lipinski definition) is 0. The number of halogens is 3. The Bertz CT molecular complexity index is 437. The lowest BCUT2D eigenvalue weighted by molar-refractivity contribution is -0.137. The number of rotatable bonds is 2. The van der Waals surface area contributed by atoms with Gasteiger partial charge in [0, 0.05) is 12.3 Å². The molecule has 4 heteroatoms. The molecule has 1 aliphatic rings. The SMILES string of the molecule is O=C1CCCCC1Cc1cccc(C(F)(F)F)c1. The predicted molar refractivity (Wildman–Crippen MR) is 62.1 cm³/mol. The van der Waals surface area contributed by atoms with E-state index in [0.29, 0.717) is 18.4 Å². The van der Waals surface area contributed by atoms with Crippen LogP contribution >= 0.6 is 0 Å². The third-order valence-electron chi connectivity index (χ3n) is 3.42. The van der Waals surface area contributed by atoms with E-state index in [2.05, 4.69) is 0 Å². The molecular weight excluding hydrogens is 241 g/mol. The largest absolute Gasteiger partial charge is 0.416 e.